The van der Waals surface area contributed by atoms with Gasteiger partial charge in [-0.25, -0.2) is 0 Å². The summed E-state index contributed by atoms with van der Waals surface area (Å²) < 4.78 is 0. The predicted molar refractivity (Wildman–Crippen MR) is 60.7 cm³/mol. The largest absolute Gasteiger partial charge is 0.393 e. The van der Waals surface area contributed by atoms with E-state index in [1.165, 1.54) is 45.2 Å². The zero-order valence-electron chi connectivity index (χ0n) is 9.41. The Morgan fingerprint density at radius 3 is 2.53 bits per heavy atom. The van der Waals surface area contributed by atoms with E-state index in [9.17, 15) is 5.11 Å². The standard InChI is InChI=1S/C13H21NO/c15-13-4-3-10-7-12(8-11(10)9-13)14-5-1-2-6-14/h12-13,15H,1-9H2/t12-,13+/m0/s1. The Bertz CT molecular complexity index is 278. The molecule has 84 valence electrons. The molecule has 2 nitrogen and oxygen atoms in total. The van der Waals surface area contributed by atoms with Gasteiger partial charge in [-0.1, -0.05) is 11.1 Å². The SMILES string of the molecule is O[C@@H]1CCC2=C(C1)C[C@@H](N1CCCC1)C2. The fraction of sp³-hybridized carbons (Fsp3) is 0.846. The maximum atomic E-state index is 9.66. The van der Waals surface area contributed by atoms with E-state index in [-0.39, 0.29) is 6.10 Å². The molecule has 1 aliphatic heterocycles. The molecular formula is C13H21NO. The van der Waals surface area contributed by atoms with E-state index in [0.717, 1.165) is 18.9 Å². The molecule has 2 heteroatoms. The van der Waals surface area contributed by atoms with Gasteiger partial charge in [0, 0.05) is 6.04 Å². The molecule has 2 atom stereocenters. The highest BCUT2D eigenvalue weighted by Gasteiger charge is 2.32. The first-order chi connectivity index (χ1) is 7.33. The fourth-order valence-corrected chi connectivity index (χ4v) is 3.53. The molecule has 0 amide bonds. The van der Waals surface area contributed by atoms with Crippen molar-refractivity contribution in [1.82, 2.24) is 4.90 Å². The molecule has 3 aliphatic rings. The average molecular weight is 207 g/mol. The highest BCUT2D eigenvalue weighted by molar-refractivity contribution is 5.26. The van der Waals surface area contributed by atoms with Crippen LogP contribution in [0.4, 0.5) is 0 Å². The molecule has 1 N–H and O–H groups in total. The molecule has 1 saturated heterocycles. The Hall–Kier alpha value is -0.340. The Balaban J connectivity index is 1.65. The molecule has 2 aliphatic carbocycles. The van der Waals surface area contributed by atoms with Crippen LogP contribution in [-0.4, -0.2) is 35.2 Å². The van der Waals surface area contributed by atoms with E-state index < -0.39 is 0 Å². The summed E-state index contributed by atoms with van der Waals surface area (Å²) in [6.45, 7) is 2.63. The summed E-state index contributed by atoms with van der Waals surface area (Å²) in [7, 11) is 0. The lowest BCUT2D eigenvalue weighted by molar-refractivity contribution is 0.158. The van der Waals surface area contributed by atoms with Gasteiger partial charge in [0.25, 0.3) is 0 Å². The molecule has 15 heavy (non-hydrogen) atoms. The van der Waals surface area contributed by atoms with Crippen LogP contribution in [-0.2, 0) is 0 Å². The molecule has 0 aromatic carbocycles. The third kappa shape index (κ3) is 1.85. The first-order valence-electron chi connectivity index (χ1n) is 6.45. The van der Waals surface area contributed by atoms with Crippen molar-refractivity contribution in [2.45, 2.75) is 57.1 Å². The lowest BCUT2D eigenvalue weighted by Gasteiger charge is -2.23. The van der Waals surface area contributed by atoms with Crippen LogP contribution in [0.25, 0.3) is 0 Å². The topological polar surface area (TPSA) is 23.5 Å². The first kappa shape index (κ1) is 9.86. The number of hydrogen-bond acceptors (Lipinski definition) is 2. The van der Waals surface area contributed by atoms with Crippen LogP contribution >= 0.6 is 0 Å². The summed E-state index contributed by atoms with van der Waals surface area (Å²) in [5.41, 5.74) is 3.29. The second kappa shape index (κ2) is 3.91. The van der Waals surface area contributed by atoms with Crippen molar-refractivity contribution in [2.24, 2.45) is 0 Å². The van der Waals surface area contributed by atoms with Gasteiger partial charge in [0.15, 0.2) is 0 Å². The average Bonchev–Trinajstić information content (AvgIpc) is 2.84. The molecule has 0 radical (unpaired) electrons. The Morgan fingerprint density at radius 2 is 1.73 bits per heavy atom. The molecule has 0 saturated carbocycles. The Labute approximate surface area is 92.0 Å². The van der Waals surface area contributed by atoms with Gasteiger partial charge in [-0.05, 0) is 58.0 Å². The van der Waals surface area contributed by atoms with Gasteiger partial charge in [-0.3, -0.25) is 4.90 Å². The second-order valence-corrected chi connectivity index (χ2v) is 5.41. The molecule has 0 bridgehead atoms. The quantitative estimate of drug-likeness (QED) is 0.665. The zero-order chi connectivity index (χ0) is 10.3. The first-order valence-corrected chi connectivity index (χ1v) is 6.45. The van der Waals surface area contributed by atoms with Gasteiger partial charge < -0.3 is 5.11 Å². The fourth-order valence-electron chi connectivity index (χ4n) is 3.53. The second-order valence-electron chi connectivity index (χ2n) is 5.41. The number of aliphatic hydroxyl groups is 1. The smallest absolute Gasteiger partial charge is 0.0580 e. The van der Waals surface area contributed by atoms with E-state index in [1.54, 1.807) is 11.1 Å². The normalized spacial score (nSPS) is 37.4. The van der Waals surface area contributed by atoms with Gasteiger partial charge in [0.05, 0.1) is 6.10 Å². The van der Waals surface area contributed by atoms with Crippen LogP contribution < -0.4 is 0 Å². The van der Waals surface area contributed by atoms with Gasteiger partial charge in [0.1, 0.15) is 0 Å². The molecule has 0 aromatic heterocycles. The van der Waals surface area contributed by atoms with Gasteiger partial charge in [-0.2, -0.15) is 0 Å². The van der Waals surface area contributed by atoms with Crippen molar-refractivity contribution < 1.29 is 5.11 Å². The Kier molecular flexibility index (Phi) is 2.57. The highest BCUT2D eigenvalue weighted by Crippen LogP contribution is 2.39. The molecular weight excluding hydrogens is 186 g/mol. The number of hydrogen-bond donors (Lipinski definition) is 1. The van der Waals surface area contributed by atoms with Crippen LogP contribution in [0, 0.1) is 0 Å². The van der Waals surface area contributed by atoms with Gasteiger partial charge in [-0.15, -0.1) is 0 Å². The lowest BCUT2D eigenvalue weighted by atomic mass is 9.92. The maximum absolute atomic E-state index is 9.66. The van der Waals surface area contributed by atoms with Crippen molar-refractivity contribution in [1.29, 1.82) is 0 Å². The number of aliphatic hydroxyl groups excluding tert-OH is 1. The van der Waals surface area contributed by atoms with E-state index in [2.05, 4.69) is 4.90 Å². The number of nitrogens with zero attached hydrogens (tertiary/aromatic N) is 1. The summed E-state index contributed by atoms with van der Waals surface area (Å²) in [6, 6.07) is 0.794. The third-order valence-electron chi connectivity index (χ3n) is 4.38. The summed E-state index contributed by atoms with van der Waals surface area (Å²) in [5.74, 6) is 0. The molecule has 0 spiro atoms. The molecule has 1 heterocycles. The van der Waals surface area contributed by atoms with Crippen LogP contribution in [0.15, 0.2) is 11.1 Å². The van der Waals surface area contributed by atoms with E-state index in [4.69, 9.17) is 0 Å². The molecule has 3 rings (SSSR count). The van der Waals surface area contributed by atoms with Gasteiger partial charge >= 0.3 is 0 Å². The van der Waals surface area contributed by atoms with Crippen molar-refractivity contribution in [3.8, 4) is 0 Å². The summed E-state index contributed by atoms with van der Waals surface area (Å²) in [5, 5.41) is 9.66. The molecule has 1 fully saturated rings. The third-order valence-corrected chi connectivity index (χ3v) is 4.38. The van der Waals surface area contributed by atoms with E-state index in [0.29, 0.717) is 0 Å². The van der Waals surface area contributed by atoms with E-state index in [1.807, 2.05) is 0 Å². The van der Waals surface area contributed by atoms with Crippen LogP contribution in [0.5, 0.6) is 0 Å². The van der Waals surface area contributed by atoms with Crippen LogP contribution in [0.3, 0.4) is 0 Å². The van der Waals surface area contributed by atoms with Crippen LogP contribution in [0.1, 0.15) is 44.9 Å². The van der Waals surface area contributed by atoms with Crippen molar-refractivity contribution in [3.05, 3.63) is 11.1 Å². The summed E-state index contributed by atoms with van der Waals surface area (Å²) in [4.78, 5) is 2.67. The van der Waals surface area contributed by atoms with Crippen molar-refractivity contribution >= 4 is 0 Å². The van der Waals surface area contributed by atoms with E-state index >= 15 is 0 Å². The minimum absolute atomic E-state index is 0.0407. The van der Waals surface area contributed by atoms with Crippen LogP contribution in [0.2, 0.25) is 0 Å². The van der Waals surface area contributed by atoms with Crippen molar-refractivity contribution in [3.63, 3.8) is 0 Å². The minimum atomic E-state index is -0.0407. The predicted octanol–water partition coefficient (Wildman–Crippen LogP) is 2.09. The highest BCUT2D eigenvalue weighted by atomic mass is 16.3. The number of likely N-dealkylation sites (tertiary alicyclic amines) is 1. The molecule has 0 unspecified atom stereocenters. The number of rotatable bonds is 1. The zero-order valence-corrected chi connectivity index (χ0v) is 9.41. The van der Waals surface area contributed by atoms with Gasteiger partial charge in [0.2, 0.25) is 0 Å². The maximum Gasteiger partial charge on any atom is 0.0580 e. The summed E-state index contributed by atoms with van der Waals surface area (Å²) >= 11 is 0. The molecule has 0 aromatic rings. The Morgan fingerprint density at radius 1 is 1.00 bits per heavy atom. The monoisotopic (exact) mass is 207 g/mol. The van der Waals surface area contributed by atoms with Crippen molar-refractivity contribution in [2.75, 3.05) is 13.1 Å². The lowest BCUT2D eigenvalue weighted by Crippen LogP contribution is -2.30. The minimum Gasteiger partial charge on any atom is -0.393 e. The summed E-state index contributed by atoms with van der Waals surface area (Å²) in [6.07, 6.45) is 8.45.